The van der Waals surface area contributed by atoms with Gasteiger partial charge in [0.15, 0.2) is 11.5 Å². The number of aryl methyl sites for hydroxylation is 1. The molecule has 1 aromatic heterocycles. The zero-order chi connectivity index (χ0) is 16.6. The van der Waals surface area contributed by atoms with Crippen molar-refractivity contribution in [1.29, 1.82) is 0 Å². The third-order valence-electron chi connectivity index (χ3n) is 4.48. The molecule has 124 valence electrons. The first-order valence-corrected chi connectivity index (χ1v) is 7.86. The first-order chi connectivity index (χ1) is 11.2. The van der Waals surface area contributed by atoms with Crippen LogP contribution in [0.5, 0.6) is 17.2 Å². The van der Waals surface area contributed by atoms with Crippen LogP contribution in [0.4, 0.5) is 0 Å². The summed E-state index contributed by atoms with van der Waals surface area (Å²) in [6.45, 7) is 2.57. The van der Waals surface area contributed by atoms with Crippen LogP contribution >= 0.6 is 0 Å². The summed E-state index contributed by atoms with van der Waals surface area (Å²) in [5.41, 5.74) is 11.7. The van der Waals surface area contributed by atoms with Crippen LogP contribution in [0.3, 0.4) is 0 Å². The van der Waals surface area contributed by atoms with E-state index in [1.165, 1.54) is 24.1 Å². The fourth-order valence-corrected chi connectivity index (χ4v) is 3.35. The number of H-pyrrole nitrogens is 1. The van der Waals surface area contributed by atoms with E-state index in [2.05, 4.69) is 11.9 Å². The van der Waals surface area contributed by atoms with Crippen LogP contribution in [0.25, 0.3) is 11.1 Å². The van der Waals surface area contributed by atoms with Crippen molar-refractivity contribution in [2.75, 3.05) is 21.3 Å². The molecule has 0 spiro atoms. The molecule has 23 heavy (non-hydrogen) atoms. The molecule has 0 atom stereocenters. The summed E-state index contributed by atoms with van der Waals surface area (Å²) < 4.78 is 16.6. The molecule has 3 N–H and O–H groups in total. The lowest BCUT2D eigenvalue weighted by Crippen LogP contribution is -2.01. The molecule has 0 unspecified atom stereocenters. The maximum absolute atomic E-state index is 5.98. The molecule has 1 aliphatic carbocycles. The van der Waals surface area contributed by atoms with Crippen LogP contribution in [-0.2, 0) is 6.54 Å². The van der Waals surface area contributed by atoms with Gasteiger partial charge in [-0.15, -0.1) is 0 Å². The predicted octanol–water partition coefficient (Wildman–Crippen LogP) is 3.35. The lowest BCUT2D eigenvalue weighted by Gasteiger charge is -2.17. The Kier molecular flexibility index (Phi) is 4.22. The number of benzene rings is 1. The van der Waals surface area contributed by atoms with E-state index in [4.69, 9.17) is 19.9 Å². The molecule has 1 aromatic carbocycles. The molecule has 5 heteroatoms. The number of methoxy groups -OCH3 is 3. The van der Waals surface area contributed by atoms with Gasteiger partial charge in [0, 0.05) is 29.1 Å². The van der Waals surface area contributed by atoms with E-state index in [9.17, 15) is 0 Å². The van der Waals surface area contributed by atoms with Crippen LogP contribution in [0.15, 0.2) is 12.1 Å². The zero-order valence-corrected chi connectivity index (χ0v) is 14.2. The minimum Gasteiger partial charge on any atom is -0.493 e. The maximum Gasteiger partial charge on any atom is 0.203 e. The lowest BCUT2D eigenvalue weighted by molar-refractivity contribution is 0.325. The summed E-state index contributed by atoms with van der Waals surface area (Å²) in [6, 6.07) is 3.93. The van der Waals surface area contributed by atoms with E-state index >= 15 is 0 Å². The summed E-state index contributed by atoms with van der Waals surface area (Å²) in [4.78, 5) is 3.45. The van der Waals surface area contributed by atoms with Crippen molar-refractivity contribution in [2.24, 2.45) is 5.73 Å². The molecule has 0 aliphatic heterocycles. The Bertz CT molecular complexity index is 718. The summed E-state index contributed by atoms with van der Waals surface area (Å²) >= 11 is 0. The van der Waals surface area contributed by atoms with Crippen LogP contribution in [0.2, 0.25) is 0 Å². The maximum atomic E-state index is 5.98. The number of hydrogen-bond acceptors (Lipinski definition) is 4. The van der Waals surface area contributed by atoms with Crippen molar-refractivity contribution in [1.82, 2.24) is 4.98 Å². The molecule has 3 rings (SSSR count). The van der Waals surface area contributed by atoms with Gasteiger partial charge in [0.1, 0.15) is 0 Å². The zero-order valence-electron chi connectivity index (χ0n) is 14.2. The van der Waals surface area contributed by atoms with Gasteiger partial charge in [-0.25, -0.2) is 0 Å². The van der Waals surface area contributed by atoms with Gasteiger partial charge < -0.3 is 24.9 Å². The van der Waals surface area contributed by atoms with Gasteiger partial charge in [0.2, 0.25) is 5.75 Å². The Labute approximate surface area is 136 Å². The number of rotatable bonds is 6. The first-order valence-electron chi connectivity index (χ1n) is 7.86. The second-order valence-electron chi connectivity index (χ2n) is 5.88. The van der Waals surface area contributed by atoms with Gasteiger partial charge >= 0.3 is 0 Å². The Hall–Kier alpha value is -2.14. The Morgan fingerprint density at radius 2 is 1.78 bits per heavy atom. The SMILES string of the molecule is COc1ccc(-c2c(CN)[nH]c(C)c2C2CC2)c(OC)c1OC. The molecular weight excluding hydrogens is 292 g/mol. The topological polar surface area (TPSA) is 69.5 Å². The van der Waals surface area contributed by atoms with Crippen LogP contribution in [0.1, 0.15) is 35.7 Å². The molecule has 0 bridgehead atoms. The summed E-state index contributed by atoms with van der Waals surface area (Å²) in [5, 5.41) is 0. The van der Waals surface area contributed by atoms with Crippen molar-refractivity contribution in [3.05, 3.63) is 29.1 Å². The Morgan fingerprint density at radius 1 is 1.09 bits per heavy atom. The van der Waals surface area contributed by atoms with Crippen molar-refractivity contribution in [3.8, 4) is 28.4 Å². The van der Waals surface area contributed by atoms with E-state index in [1.807, 2.05) is 12.1 Å². The molecule has 0 saturated heterocycles. The normalized spacial score (nSPS) is 14.0. The van der Waals surface area contributed by atoms with E-state index in [0.717, 1.165) is 16.8 Å². The average molecular weight is 316 g/mol. The van der Waals surface area contributed by atoms with E-state index in [-0.39, 0.29) is 0 Å². The second kappa shape index (κ2) is 6.16. The molecule has 0 amide bonds. The molecule has 1 aliphatic rings. The molecule has 0 radical (unpaired) electrons. The average Bonchev–Trinajstić information content (AvgIpc) is 3.35. The molecule has 5 nitrogen and oxygen atoms in total. The van der Waals surface area contributed by atoms with Crippen LogP contribution < -0.4 is 19.9 Å². The fraction of sp³-hybridized carbons (Fsp3) is 0.444. The highest BCUT2D eigenvalue weighted by Gasteiger charge is 2.32. The van der Waals surface area contributed by atoms with Crippen molar-refractivity contribution in [2.45, 2.75) is 32.2 Å². The quantitative estimate of drug-likeness (QED) is 0.857. The van der Waals surface area contributed by atoms with Crippen LogP contribution in [-0.4, -0.2) is 26.3 Å². The number of nitrogens with two attached hydrogens (primary N) is 1. The number of nitrogens with one attached hydrogen (secondary N) is 1. The minimum atomic E-state index is 0.459. The summed E-state index contributed by atoms with van der Waals surface area (Å²) in [5.74, 6) is 2.56. The highest BCUT2D eigenvalue weighted by molar-refractivity contribution is 5.81. The second-order valence-corrected chi connectivity index (χ2v) is 5.88. The van der Waals surface area contributed by atoms with E-state index < -0.39 is 0 Å². The van der Waals surface area contributed by atoms with Crippen molar-refractivity contribution < 1.29 is 14.2 Å². The minimum absolute atomic E-state index is 0.459. The monoisotopic (exact) mass is 316 g/mol. The van der Waals surface area contributed by atoms with Gasteiger partial charge in [0.05, 0.1) is 21.3 Å². The third kappa shape index (κ3) is 2.55. The van der Waals surface area contributed by atoms with Gasteiger partial charge in [-0.05, 0) is 43.4 Å². The Balaban J connectivity index is 2.26. The van der Waals surface area contributed by atoms with E-state index in [0.29, 0.717) is 29.7 Å². The molecule has 2 aromatic rings. The predicted molar refractivity (Wildman–Crippen MR) is 90.5 cm³/mol. The van der Waals surface area contributed by atoms with E-state index in [1.54, 1.807) is 21.3 Å². The number of ether oxygens (including phenoxy) is 3. The van der Waals surface area contributed by atoms with Crippen molar-refractivity contribution >= 4 is 0 Å². The number of aromatic nitrogens is 1. The molecule has 1 saturated carbocycles. The molecular formula is C18H24N2O3. The fourth-order valence-electron chi connectivity index (χ4n) is 3.35. The lowest BCUT2D eigenvalue weighted by atomic mass is 9.95. The number of hydrogen-bond donors (Lipinski definition) is 2. The smallest absolute Gasteiger partial charge is 0.203 e. The van der Waals surface area contributed by atoms with Gasteiger partial charge in [-0.1, -0.05) is 0 Å². The highest BCUT2D eigenvalue weighted by atomic mass is 16.5. The first kappa shape index (κ1) is 15.7. The van der Waals surface area contributed by atoms with Gasteiger partial charge in [-0.3, -0.25) is 0 Å². The highest BCUT2D eigenvalue weighted by Crippen LogP contribution is 2.51. The van der Waals surface area contributed by atoms with Crippen molar-refractivity contribution in [3.63, 3.8) is 0 Å². The van der Waals surface area contributed by atoms with Gasteiger partial charge in [-0.2, -0.15) is 0 Å². The largest absolute Gasteiger partial charge is 0.493 e. The standard InChI is InChI=1S/C18H24N2O3/c1-10-15(11-5-6-11)16(13(9-19)20-10)12-7-8-14(21-2)18(23-4)17(12)22-3/h7-8,11,20H,5-6,9,19H2,1-4H3. The third-order valence-corrected chi connectivity index (χ3v) is 4.48. The number of aromatic amines is 1. The summed E-state index contributed by atoms with van der Waals surface area (Å²) in [7, 11) is 4.90. The van der Waals surface area contributed by atoms with Crippen LogP contribution in [0, 0.1) is 6.92 Å². The molecule has 1 fully saturated rings. The summed E-state index contributed by atoms with van der Waals surface area (Å²) in [6.07, 6.45) is 2.45. The molecule has 1 heterocycles. The Morgan fingerprint density at radius 3 is 2.30 bits per heavy atom. The van der Waals surface area contributed by atoms with Gasteiger partial charge in [0.25, 0.3) is 0 Å².